The molecular formula is C18H23ClN2O3S. The molecule has 136 valence electrons. The fraction of sp³-hybridized carbons (Fsp3) is 0.389. The zero-order valence-electron chi connectivity index (χ0n) is 14.2. The van der Waals surface area contributed by atoms with E-state index in [4.69, 9.17) is 11.6 Å². The molecule has 0 N–H and O–H groups in total. The largest absolute Gasteiger partial charge is 0.331 e. The second-order valence-electron chi connectivity index (χ2n) is 5.90. The van der Waals surface area contributed by atoms with Crippen molar-refractivity contribution in [1.82, 2.24) is 9.21 Å². The SMILES string of the molecule is C=CCN(CC=C)C(=O)c1ccc(Cl)c(S(=O)(=O)N2CCCCC2)c1. The number of nitrogens with zero attached hydrogens (tertiary/aromatic N) is 2. The monoisotopic (exact) mass is 382 g/mol. The highest BCUT2D eigenvalue weighted by atomic mass is 35.5. The zero-order valence-corrected chi connectivity index (χ0v) is 15.7. The van der Waals surface area contributed by atoms with Crippen LogP contribution in [0.3, 0.4) is 0 Å². The summed E-state index contributed by atoms with van der Waals surface area (Å²) in [7, 11) is -3.71. The molecule has 1 saturated heterocycles. The smallest absolute Gasteiger partial charge is 0.254 e. The quantitative estimate of drug-likeness (QED) is 0.679. The Bertz CT molecular complexity index is 746. The van der Waals surface area contributed by atoms with E-state index in [1.165, 1.54) is 21.3 Å². The second kappa shape index (κ2) is 8.65. The van der Waals surface area contributed by atoms with Crippen LogP contribution in [0.1, 0.15) is 29.6 Å². The summed E-state index contributed by atoms with van der Waals surface area (Å²) in [5.74, 6) is -0.286. The second-order valence-corrected chi connectivity index (χ2v) is 8.21. The van der Waals surface area contributed by atoms with Crippen LogP contribution >= 0.6 is 11.6 Å². The molecule has 1 aliphatic rings. The van der Waals surface area contributed by atoms with E-state index < -0.39 is 10.0 Å². The van der Waals surface area contributed by atoms with Crippen LogP contribution in [0.4, 0.5) is 0 Å². The van der Waals surface area contributed by atoms with Gasteiger partial charge in [0.1, 0.15) is 4.90 Å². The van der Waals surface area contributed by atoms with Gasteiger partial charge in [0.2, 0.25) is 10.0 Å². The molecule has 1 aromatic carbocycles. The number of hydrogen-bond donors (Lipinski definition) is 0. The maximum atomic E-state index is 12.9. The van der Waals surface area contributed by atoms with Gasteiger partial charge in [-0.1, -0.05) is 30.2 Å². The van der Waals surface area contributed by atoms with Crippen LogP contribution in [-0.2, 0) is 10.0 Å². The summed E-state index contributed by atoms with van der Waals surface area (Å²) in [4.78, 5) is 14.2. The topological polar surface area (TPSA) is 57.7 Å². The predicted octanol–water partition coefficient (Wildman–Crippen LogP) is 3.33. The first-order chi connectivity index (χ1) is 11.9. The van der Waals surface area contributed by atoms with Crippen molar-refractivity contribution >= 4 is 27.5 Å². The number of benzene rings is 1. The van der Waals surface area contributed by atoms with Gasteiger partial charge in [-0.2, -0.15) is 4.31 Å². The third kappa shape index (κ3) is 4.51. The molecule has 0 saturated carbocycles. The number of sulfonamides is 1. The number of rotatable bonds is 7. The van der Waals surface area contributed by atoms with Crippen molar-refractivity contribution in [2.24, 2.45) is 0 Å². The fourth-order valence-electron chi connectivity index (χ4n) is 2.81. The van der Waals surface area contributed by atoms with Gasteiger partial charge < -0.3 is 4.90 Å². The Kier molecular flexibility index (Phi) is 6.81. The molecule has 7 heteroatoms. The van der Waals surface area contributed by atoms with Crippen LogP contribution in [-0.4, -0.2) is 49.7 Å². The van der Waals surface area contributed by atoms with Crippen LogP contribution < -0.4 is 0 Å². The average Bonchev–Trinajstić information content (AvgIpc) is 2.62. The van der Waals surface area contributed by atoms with Gasteiger partial charge >= 0.3 is 0 Å². The average molecular weight is 383 g/mol. The normalized spacial score (nSPS) is 15.6. The molecule has 5 nitrogen and oxygen atoms in total. The van der Waals surface area contributed by atoms with Crippen molar-refractivity contribution in [3.63, 3.8) is 0 Å². The lowest BCUT2D eigenvalue weighted by molar-refractivity contribution is 0.0790. The predicted molar refractivity (Wildman–Crippen MR) is 100 cm³/mol. The highest BCUT2D eigenvalue weighted by Crippen LogP contribution is 2.28. The molecule has 0 bridgehead atoms. The Hall–Kier alpha value is -1.63. The summed E-state index contributed by atoms with van der Waals surface area (Å²) in [6.07, 6.45) is 5.92. The zero-order chi connectivity index (χ0) is 18.4. The highest BCUT2D eigenvalue weighted by molar-refractivity contribution is 7.89. The van der Waals surface area contributed by atoms with E-state index >= 15 is 0 Å². The summed E-state index contributed by atoms with van der Waals surface area (Å²) < 4.78 is 27.2. The summed E-state index contributed by atoms with van der Waals surface area (Å²) in [6, 6.07) is 4.37. The van der Waals surface area contributed by atoms with Gasteiger partial charge in [0.05, 0.1) is 5.02 Å². The Balaban J connectivity index is 2.37. The molecule has 0 aromatic heterocycles. The number of carbonyl (C=O) groups excluding carboxylic acids is 1. The minimum Gasteiger partial charge on any atom is -0.331 e. The Morgan fingerprint density at radius 2 is 1.76 bits per heavy atom. The molecule has 1 aromatic rings. The molecule has 1 heterocycles. The molecule has 1 aliphatic heterocycles. The number of amides is 1. The van der Waals surface area contributed by atoms with Gasteiger partial charge in [-0.25, -0.2) is 8.42 Å². The van der Waals surface area contributed by atoms with Gasteiger partial charge in [-0.3, -0.25) is 4.79 Å². The molecule has 0 spiro atoms. The lowest BCUT2D eigenvalue weighted by atomic mass is 10.2. The van der Waals surface area contributed by atoms with Crippen molar-refractivity contribution < 1.29 is 13.2 Å². The standard InChI is InChI=1S/C18H23ClN2O3S/c1-3-10-20(11-4-2)18(22)15-8-9-16(19)17(14-15)25(23,24)21-12-6-5-7-13-21/h3-4,8-9,14H,1-2,5-7,10-13H2. The van der Waals surface area contributed by atoms with Gasteiger partial charge in [0.15, 0.2) is 0 Å². The summed E-state index contributed by atoms with van der Waals surface area (Å²) in [5.41, 5.74) is 0.281. The summed E-state index contributed by atoms with van der Waals surface area (Å²) in [6.45, 7) is 8.94. The van der Waals surface area contributed by atoms with E-state index in [-0.39, 0.29) is 21.4 Å². The first-order valence-electron chi connectivity index (χ1n) is 8.22. The van der Waals surface area contributed by atoms with E-state index in [9.17, 15) is 13.2 Å². The van der Waals surface area contributed by atoms with Crippen LogP contribution in [0.15, 0.2) is 48.4 Å². The van der Waals surface area contributed by atoms with E-state index in [0.717, 1.165) is 19.3 Å². The van der Waals surface area contributed by atoms with Crippen molar-refractivity contribution in [1.29, 1.82) is 0 Å². The van der Waals surface area contributed by atoms with Crippen LogP contribution in [0.5, 0.6) is 0 Å². The first-order valence-corrected chi connectivity index (χ1v) is 10.0. The summed E-state index contributed by atoms with van der Waals surface area (Å²) >= 11 is 6.14. The highest BCUT2D eigenvalue weighted by Gasteiger charge is 2.29. The Labute approximate surface area is 154 Å². The molecule has 1 fully saturated rings. The van der Waals surface area contributed by atoms with Gasteiger partial charge in [0, 0.05) is 31.7 Å². The minimum absolute atomic E-state index is 0.0147. The van der Waals surface area contributed by atoms with Gasteiger partial charge in [-0.05, 0) is 31.0 Å². The third-order valence-electron chi connectivity index (χ3n) is 4.10. The van der Waals surface area contributed by atoms with Crippen LogP contribution in [0.25, 0.3) is 0 Å². The number of piperidine rings is 1. The van der Waals surface area contributed by atoms with E-state index in [0.29, 0.717) is 26.2 Å². The maximum absolute atomic E-state index is 12.9. The van der Waals surface area contributed by atoms with Crippen molar-refractivity contribution in [2.75, 3.05) is 26.2 Å². The molecule has 0 radical (unpaired) electrons. The number of carbonyl (C=O) groups is 1. The molecule has 25 heavy (non-hydrogen) atoms. The molecule has 2 rings (SSSR count). The molecule has 0 unspecified atom stereocenters. The van der Waals surface area contributed by atoms with Gasteiger partial charge in [0.25, 0.3) is 5.91 Å². The minimum atomic E-state index is -3.71. The number of hydrogen-bond acceptors (Lipinski definition) is 3. The molecular weight excluding hydrogens is 360 g/mol. The van der Waals surface area contributed by atoms with Crippen molar-refractivity contribution in [3.05, 3.63) is 54.1 Å². The Morgan fingerprint density at radius 1 is 1.16 bits per heavy atom. The van der Waals surface area contributed by atoms with Crippen molar-refractivity contribution in [3.8, 4) is 0 Å². The molecule has 0 atom stereocenters. The van der Waals surface area contributed by atoms with Crippen LogP contribution in [0.2, 0.25) is 5.02 Å². The lowest BCUT2D eigenvalue weighted by Crippen LogP contribution is -2.36. The number of halogens is 1. The lowest BCUT2D eigenvalue weighted by Gasteiger charge is -2.26. The summed E-state index contributed by atoms with van der Waals surface area (Å²) in [5, 5.41) is 0.126. The fourth-order valence-corrected chi connectivity index (χ4v) is 4.83. The van der Waals surface area contributed by atoms with Gasteiger partial charge in [-0.15, -0.1) is 13.2 Å². The first kappa shape index (κ1) is 19.7. The Morgan fingerprint density at radius 3 is 2.32 bits per heavy atom. The molecule has 0 aliphatic carbocycles. The van der Waals surface area contributed by atoms with E-state index in [1.807, 2.05) is 0 Å². The maximum Gasteiger partial charge on any atom is 0.254 e. The molecule has 1 amide bonds. The van der Waals surface area contributed by atoms with Crippen LogP contribution in [0, 0.1) is 0 Å². The van der Waals surface area contributed by atoms with Crippen molar-refractivity contribution in [2.45, 2.75) is 24.2 Å². The third-order valence-corrected chi connectivity index (χ3v) is 6.48. The van der Waals surface area contributed by atoms with E-state index in [2.05, 4.69) is 13.2 Å². The van der Waals surface area contributed by atoms with E-state index in [1.54, 1.807) is 18.2 Å².